The van der Waals surface area contributed by atoms with E-state index < -0.39 is 0 Å². The molecule has 0 bridgehead atoms. The van der Waals surface area contributed by atoms with Crippen molar-refractivity contribution in [3.63, 3.8) is 0 Å². The van der Waals surface area contributed by atoms with Crippen LogP contribution < -0.4 is 5.32 Å². The summed E-state index contributed by atoms with van der Waals surface area (Å²) in [6, 6.07) is 0. The summed E-state index contributed by atoms with van der Waals surface area (Å²) in [6.45, 7) is 2.97. The maximum absolute atomic E-state index is 11.4. The third-order valence-corrected chi connectivity index (χ3v) is 4.34. The lowest BCUT2D eigenvalue weighted by atomic mass is 9.89. The second-order valence-electron chi connectivity index (χ2n) is 4.47. The molecule has 0 spiro atoms. The quantitative estimate of drug-likeness (QED) is 0.767. The Morgan fingerprint density at radius 1 is 1.40 bits per heavy atom. The van der Waals surface area contributed by atoms with Gasteiger partial charge in [0, 0.05) is 17.8 Å². The van der Waals surface area contributed by atoms with Crippen molar-refractivity contribution in [1.82, 2.24) is 5.32 Å². The van der Waals surface area contributed by atoms with Gasteiger partial charge < -0.3 is 5.32 Å². The van der Waals surface area contributed by atoms with Gasteiger partial charge in [-0.3, -0.25) is 4.79 Å². The van der Waals surface area contributed by atoms with Crippen LogP contribution in [0.25, 0.3) is 0 Å². The number of carbonyl (C=O) groups excluding carboxylic acids is 1. The Hall–Kier alpha value is -0.0500. The van der Waals surface area contributed by atoms with Gasteiger partial charge >= 0.3 is 0 Å². The van der Waals surface area contributed by atoms with E-state index in [-0.39, 0.29) is 5.91 Å². The second-order valence-corrected chi connectivity index (χ2v) is 5.64. The fourth-order valence-electron chi connectivity index (χ4n) is 2.06. The highest BCUT2D eigenvalue weighted by atomic mass is 79.9. The highest BCUT2D eigenvalue weighted by Crippen LogP contribution is 2.29. The average molecular weight is 276 g/mol. The molecule has 2 unspecified atom stereocenters. The molecular weight excluding hydrogens is 254 g/mol. The van der Waals surface area contributed by atoms with Gasteiger partial charge in [0.05, 0.1) is 0 Å². The molecular formula is C12H22BrNO. The number of hydrogen-bond donors (Lipinski definition) is 1. The van der Waals surface area contributed by atoms with E-state index in [1.807, 2.05) is 0 Å². The molecule has 1 N–H and O–H groups in total. The Morgan fingerprint density at radius 2 is 2.13 bits per heavy atom. The van der Waals surface area contributed by atoms with Gasteiger partial charge in [-0.1, -0.05) is 42.1 Å². The molecule has 1 rings (SSSR count). The van der Waals surface area contributed by atoms with Gasteiger partial charge in [-0.15, -0.1) is 0 Å². The Labute approximate surface area is 101 Å². The van der Waals surface area contributed by atoms with Gasteiger partial charge in [-0.25, -0.2) is 0 Å². The number of nitrogens with one attached hydrogen (secondary N) is 1. The maximum Gasteiger partial charge on any atom is 0.220 e. The summed E-state index contributed by atoms with van der Waals surface area (Å²) < 4.78 is 0. The predicted octanol–water partition coefficient (Wildman–Crippen LogP) is 3.25. The Kier molecular flexibility index (Phi) is 6.30. The first-order chi connectivity index (χ1) is 7.24. The lowest BCUT2D eigenvalue weighted by Crippen LogP contribution is -2.34. The van der Waals surface area contributed by atoms with Crippen molar-refractivity contribution in [1.29, 1.82) is 0 Å². The van der Waals surface area contributed by atoms with Crippen LogP contribution in [-0.2, 0) is 4.79 Å². The smallest absolute Gasteiger partial charge is 0.220 e. The molecule has 1 fully saturated rings. The topological polar surface area (TPSA) is 29.1 Å². The van der Waals surface area contributed by atoms with Gasteiger partial charge in [-0.2, -0.15) is 0 Å². The summed E-state index contributed by atoms with van der Waals surface area (Å²) in [6.07, 6.45) is 7.95. The minimum absolute atomic E-state index is 0.224. The number of rotatable bonds is 5. The highest BCUT2D eigenvalue weighted by molar-refractivity contribution is 9.09. The number of carbonyl (C=O) groups is 1. The van der Waals surface area contributed by atoms with Crippen LogP contribution in [0, 0.1) is 5.92 Å². The molecule has 15 heavy (non-hydrogen) atoms. The molecule has 3 heteroatoms. The van der Waals surface area contributed by atoms with E-state index in [9.17, 15) is 4.79 Å². The van der Waals surface area contributed by atoms with Crippen LogP contribution in [0.5, 0.6) is 0 Å². The molecule has 1 saturated carbocycles. The van der Waals surface area contributed by atoms with E-state index in [0.717, 1.165) is 19.4 Å². The summed E-state index contributed by atoms with van der Waals surface area (Å²) in [4.78, 5) is 12.0. The van der Waals surface area contributed by atoms with Crippen molar-refractivity contribution < 1.29 is 4.79 Å². The van der Waals surface area contributed by atoms with E-state index in [1.165, 1.54) is 25.7 Å². The zero-order chi connectivity index (χ0) is 11.1. The predicted molar refractivity (Wildman–Crippen MR) is 67.2 cm³/mol. The van der Waals surface area contributed by atoms with Gasteiger partial charge in [0.25, 0.3) is 0 Å². The van der Waals surface area contributed by atoms with E-state index in [2.05, 4.69) is 28.2 Å². The van der Waals surface area contributed by atoms with Crippen LogP contribution in [0.1, 0.15) is 51.9 Å². The summed E-state index contributed by atoms with van der Waals surface area (Å²) in [7, 11) is 0. The lowest BCUT2D eigenvalue weighted by Gasteiger charge is -2.27. The first-order valence-corrected chi connectivity index (χ1v) is 7.06. The van der Waals surface area contributed by atoms with Crippen molar-refractivity contribution in [2.75, 3.05) is 6.54 Å². The molecule has 2 nitrogen and oxygen atoms in total. The van der Waals surface area contributed by atoms with Crippen molar-refractivity contribution in [3.05, 3.63) is 0 Å². The van der Waals surface area contributed by atoms with Crippen molar-refractivity contribution in [2.24, 2.45) is 5.92 Å². The van der Waals surface area contributed by atoms with Gasteiger partial charge in [-0.05, 0) is 25.2 Å². The average Bonchev–Trinajstić information content (AvgIpc) is 2.25. The number of hydrogen-bond acceptors (Lipinski definition) is 1. The van der Waals surface area contributed by atoms with Crippen LogP contribution >= 0.6 is 15.9 Å². The Bertz CT molecular complexity index is 196. The fourth-order valence-corrected chi connectivity index (χ4v) is 2.84. The third kappa shape index (κ3) is 5.01. The van der Waals surface area contributed by atoms with E-state index in [0.29, 0.717) is 17.2 Å². The number of halogens is 1. The zero-order valence-corrected chi connectivity index (χ0v) is 11.2. The minimum atomic E-state index is 0.224. The number of unbranched alkanes of at least 4 members (excludes halogenated alkanes) is 1. The monoisotopic (exact) mass is 275 g/mol. The largest absolute Gasteiger partial charge is 0.356 e. The molecule has 1 amide bonds. The van der Waals surface area contributed by atoms with Crippen LogP contribution in [0.2, 0.25) is 0 Å². The molecule has 0 aromatic carbocycles. The van der Waals surface area contributed by atoms with Gasteiger partial charge in [0.1, 0.15) is 0 Å². The van der Waals surface area contributed by atoms with Gasteiger partial charge in [0.15, 0.2) is 0 Å². The first kappa shape index (κ1) is 13.0. The highest BCUT2D eigenvalue weighted by Gasteiger charge is 2.22. The third-order valence-electron chi connectivity index (χ3n) is 3.14. The van der Waals surface area contributed by atoms with Crippen LogP contribution in [0.3, 0.4) is 0 Å². The molecule has 0 radical (unpaired) electrons. The Morgan fingerprint density at radius 3 is 2.80 bits per heavy atom. The van der Waals surface area contributed by atoms with Crippen LogP contribution in [-0.4, -0.2) is 17.3 Å². The maximum atomic E-state index is 11.4. The fraction of sp³-hybridized carbons (Fsp3) is 0.917. The van der Waals surface area contributed by atoms with Crippen molar-refractivity contribution in [2.45, 2.75) is 56.7 Å². The van der Waals surface area contributed by atoms with Crippen molar-refractivity contribution in [3.8, 4) is 0 Å². The number of alkyl halides is 1. The summed E-state index contributed by atoms with van der Waals surface area (Å²) >= 11 is 3.71. The first-order valence-electron chi connectivity index (χ1n) is 6.14. The molecule has 0 heterocycles. The van der Waals surface area contributed by atoms with Crippen LogP contribution in [0.4, 0.5) is 0 Å². The molecule has 1 aliphatic rings. The molecule has 0 saturated heterocycles. The minimum Gasteiger partial charge on any atom is -0.356 e. The summed E-state index contributed by atoms with van der Waals surface area (Å²) in [5, 5.41) is 3.05. The Balaban J connectivity index is 2.14. The standard InChI is InChI=1S/C12H22BrNO/c1-2-3-8-12(15)14-9-10-6-4-5-7-11(10)13/h10-11H,2-9H2,1H3,(H,14,15). The van der Waals surface area contributed by atoms with Crippen molar-refractivity contribution >= 4 is 21.8 Å². The van der Waals surface area contributed by atoms with Gasteiger partial charge in [0.2, 0.25) is 5.91 Å². The second kappa shape index (κ2) is 7.26. The summed E-state index contributed by atoms with van der Waals surface area (Å²) in [5.74, 6) is 0.867. The van der Waals surface area contributed by atoms with E-state index >= 15 is 0 Å². The van der Waals surface area contributed by atoms with Crippen LogP contribution in [0.15, 0.2) is 0 Å². The SMILES string of the molecule is CCCCC(=O)NCC1CCCCC1Br. The zero-order valence-electron chi connectivity index (χ0n) is 9.60. The molecule has 1 aliphatic carbocycles. The molecule has 0 aromatic heterocycles. The van der Waals surface area contributed by atoms with E-state index in [1.54, 1.807) is 0 Å². The molecule has 0 aromatic rings. The number of amides is 1. The van der Waals surface area contributed by atoms with E-state index in [4.69, 9.17) is 0 Å². The normalized spacial score (nSPS) is 26.3. The molecule has 2 atom stereocenters. The lowest BCUT2D eigenvalue weighted by molar-refractivity contribution is -0.121. The molecule has 88 valence electrons. The molecule has 0 aliphatic heterocycles. The summed E-state index contributed by atoms with van der Waals surface area (Å²) in [5.41, 5.74) is 0.